The van der Waals surface area contributed by atoms with Gasteiger partial charge in [-0.25, -0.2) is 17.2 Å². The summed E-state index contributed by atoms with van der Waals surface area (Å²) in [7, 11) is -3.87. The van der Waals surface area contributed by atoms with Crippen molar-refractivity contribution in [3.05, 3.63) is 71.1 Å². The number of hydrogen-bond donors (Lipinski definition) is 2. The first-order valence-corrected chi connectivity index (χ1v) is 11.8. The topological polar surface area (TPSA) is 111 Å². The van der Waals surface area contributed by atoms with E-state index in [0.29, 0.717) is 5.75 Å². The molecule has 2 aromatic carbocycles. The number of para-hydroxylation sites is 1. The zero-order valence-electron chi connectivity index (χ0n) is 18.3. The molecule has 1 heterocycles. The second-order valence-corrected chi connectivity index (χ2v) is 9.47. The van der Waals surface area contributed by atoms with Crippen LogP contribution in [0.4, 0.5) is 14.5 Å². The Labute approximate surface area is 190 Å². The molecule has 0 bridgehead atoms. The van der Waals surface area contributed by atoms with Gasteiger partial charge >= 0.3 is 6.08 Å². The molecule has 8 nitrogen and oxygen atoms in total. The summed E-state index contributed by atoms with van der Waals surface area (Å²) < 4.78 is 63.7. The predicted octanol–water partition coefficient (Wildman–Crippen LogP) is 4.73. The normalized spacial score (nSPS) is 12.5. The molecule has 0 aliphatic carbocycles. The molecule has 0 saturated heterocycles. The number of halogens is 2. The number of rotatable bonds is 8. The van der Waals surface area contributed by atoms with Gasteiger partial charge in [0.05, 0.1) is 12.3 Å². The van der Waals surface area contributed by atoms with Gasteiger partial charge in [-0.3, -0.25) is 9.52 Å². The van der Waals surface area contributed by atoms with Gasteiger partial charge in [0.1, 0.15) is 17.7 Å². The van der Waals surface area contributed by atoms with Gasteiger partial charge in [0.2, 0.25) is 10.0 Å². The third kappa shape index (κ3) is 6.07. The smallest absolute Gasteiger partial charge is 0.399 e. The fourth-order valence-electron chi connectivity index (χ4n) is 3.03. The van der Waals surface area contributed by atoms with Crippen LogP contribution in [0.25, 0.3) is 0 Å². The molecule has 2 N–H and O–H groups in total. The molecular weight excluding hydrogens is 456 g/mol. The summed E-state index contributed by atoms with van der Waals surface area (Å²) in [6.07, 6.45) is 1.75. The number of nitrogens with zero attached hydrogens (tertiary/aromatic N) is 1. The van der Waals surface area contributed by atoms with Crippen LogP contribution in [0, 0.1) is 11.6 Å². The van der Waals surface area contributed by atoms with Crippen LogP contribution in [0.2, 0.25) is 0 Å². The molecule has 0 aliphatic rings. The van der Waals surface area contributed by atoms with Gasteiger partial charge in [0, 0.05) is 0 Å². The number of benzene rings is 2. The molecule has 11 heteroatoms. The highest BCUT2D eigenvalue weighted by atomic mass is 32.2. The van der Waals surface area contributed by atoms with E-state index in [-0.39, 0.29) is 23.3 Å². The van der Waals surface area contributed by atoms with E-state index < -0.39 is 39.3 Å². The van der Waals surface area contributed by atoms with Crippen molar-refractivity contribution >= 4 is 21.6 Å². The number of hydrogen-bond acceptors (Lipinski definition) is 6. The van der Waals surface area contributed by atoms with Crippen LogP contribution in [0.5, 0.6) is 11.8 Å². The lowest BCUT2D eigenvalue weighted by atomic mass is 10.0. The minimum absolute atomic E-state index is 0.0863. The average molecular weight is 480 g/mol. The molecule has 0 radical (unpaired) electrons. The van der Waals surface area contributed by atoms with Crippen molar-refractivity contribution < 1.29 is 31.1 Å². The van der Waals surface area contributed by atoms with Crippen molar-refractivity contribution in [3.8, 4) is 11.8 Å². The number of amides is 1. The molecule has 0 spiro atoms. The summed E-state index contributed by atoms with van der Waals surface area (Å²) in [6, 6.07) is 8.39. The molecule has 1 atom stereocenters. The predicted molar refractivity (Wildman–Crippen MR) is 118 cm³/mol. The van der Waals surface area contributed by atoms with Gasteiger partial charge in [-0.2, -0.15) is 4.98 Å². The third-order valence-electron chi connectivity index (χ3n) is 4.65. The third-order valence-corrected chi connectivity index (χ3v) is 5.23. The Bertz CT molecular complexity index is 1250. The van der Waals surface area contributed by atoms with Crippen LogP contribution in [0.15, 0.2) is 47.1 Å². The Hall–Kier alpha value is -3.47. The fraction of sp³-hybridized carbons (Fsp3) is 0.273. The Kier molecular flexibility index (Phi) is 7.01. The van der Waals surface area contributed by atoms with Gasteiger partial charge in [-0.15, -0.1) is 0 Å². The molecule has 0 aliphatic heterocycles. The van der Waals surface area contributed by atoms with E-state index in [1.54, 1.807) is 16.9 Å². The summed E-state index contributed by atoms with van der Waals surface area (Å²) in [5.74, 6) is -2.14. The quantitative estimate of drug-likeness (QED) is 0.483. The zero-order chi connectivity index (χ0) is 24.3. The first-order chi connectivity index (χ1) is 15.4. The van der Waals surface area contributed by atoms with E-state index in [2.05, 4.69) is 10.3 Å². The van der Waals surface area contributed by atoms with Crippen LogP contribution in [0.1, 0.15) is 54.3 Å². The highest BCUT2D eigenvalue weighted by molar-refractivity contribution is 7.92. The molecule has 1 aromatic heterocycles. The Morgan fingerprint density at radius 3 is 2.36 bits per heavy atom. The Balaban J connectivity index is 1.72. The van der Waals surface area contributed by atoms with Gasteiger partial charge < -0.3 is 14.5 Å². The molecule has 1 amide bonds. The van der Waals surface area contributed by atoms with Crippen molar-refractivity contribution in [2.75, 3.05) is 11.0 Å². The van der Waals surface area contributed by atoms with Crippen molar-refractivity contribution in [2.45, 2.75) is 32.7 Å². The number of carbonyl (C=O) groups is 1. The Morgan fingerprint density at radius 1 is 1.12 bits per heavy atom. The maximum absolute atomic E-state index is 14.2. The SMILES string of the molecule is CC(C)c1ccccc1Oc1nc(C(=O)NC(C)c2cc(F)c(NS(C)(=O)=O)c(F)c2)co1. The number of carbonyl (C=O) groups excluding carboxylic acids is 1. The van der Waals surface area contributed by atoms with E-state index >= 15 is 0 Å². The number of ether oxygens (including phenoxy) is 1. The molecule has 3 aromatic rings. The van der Waals surface area contributed by atoms with E-state index in [1.807, 2.05) is 26.0 Å². The summed E-state index contributed by atoms with van der Waals surface area (Å²) in [4.78, 5) is 16.5. The van der Waals surface area contributed by atoms with Crippen LogP contribution < -0.4 is 14.8 Å². The number of aromatic nitrogens is 1. The van der Waals surface area contributed by atoms with Crippen molar-refractivity contribution in [3.63, 3.8) is 0 Å². The highest BCUT2D eigenvalue weighted by Crippen LogP contribution is 2.30. The van der Waals surface area contributed by atoms with Gasteiger partial charge in [0.25, 0.3) is 5.91 Å². The first-order valence-electron chi connectivity index (χ1n) is 9.94. The zero-order valence-corrected chi connectivity index (χ0v) is 19.2. The highest BCUT2D eigenvalue weighted by Gasteiger charge is 2.21. The van der Waals surface area contributed by atoms with Crippen LogP contribution >= 0.6 is 0 Å². The Morgan fingerprint density at radius 2 is 1.76 bits per heavy atom. The number of oxazole rings is 1. The fourth-order valence-corrected chi connectivity index (χ4v) is 3.60. The monoisotopic (exact) mass is 479 g/mol. The second-order valence-electron chi connectivity index (χ2n) is 7.72. The lowest BCUT2D eigenvalue weighted by Gasteiger charge is -2.15. The summed E-state index contributed by atoms with van der Waals surface area (Å²) in [5, 5.41) is 2.55. The van der Waals surface area contributed by atoms with Gasteiger partial charge in [0.15, 0.2) is 17.3 Å². The van der Waals surface area contributed by atoms with Crippen LogP contribution in [0.3, 0.4) is 0 Å². The number of nitrogens with one attached hydrogen (secondary N) is 2. The first kappa shape index (κ1) is 24.2. The summed E-state index contributed by atoms with van der Waals surface area (Å²) in [5.41, 5.74) is 0.145. The minimum atomic E-state index is -3.87. The molecule has 1 unspecified atom stereocenters. The lowest BCUT2D eigenvalue weighted by molar-refractivity contribution is 0.0934. The van der Waals surface area contributed by atoms with E-state index in [9.17, 15) is 22.0 Å². The van der Waals surface area contributed by atoms with Crippen LogP contribution in [-0.4, -0.2) is 25.6 Å². The average Bonchev–Trinajstić information content (AvgIpc) is 3.18. The summed E-state index contributed by atoms with van der Waals surface area (Å²) in [6.45, 7) is 5.52. The number of sulfonamides is 1. The maximum Gasteiger partial charge on any atom is 0.399 e. The van der Waals surface area contributed by atoms with Crippen molar-refractivity contribution in [2.24, 2.45) is 0 Å². The minimum Gasteiger partial charge on any atom is -0.416 e. The maximum atomic E-state index is 14.2. The molecule has 176 valence electrons. The molecule has 3 rings (SSSR count). The van der Waals surface area contributed by atoms with E-state index in [0.717, 1.165) is 30.2 Å². The van der Waals surface area contributed by atoms with Crippen molar-refractivity contribution in [1.82, 2.24) is 10.3 Å². The standard InChI is InChI=1S/C22H23F2N3O5S/c1-12(2)15-7-5-6-8-19(15)32-22-26-18(11-31-22)21(28)25-13(3)14-9-16(23)20(17(24)10-14)27-33(4,29)30/h5-13,27H,1-4H3,(H,25,28). The van der Waals surface area contributed by atoms with Gasteiger partial charge in [-0.05, 0) is 42.2 Å². The summed E-state index contributed by atoms with van der Waals surface area (Å²) >= 11 is 0. The van der Waals surface area contributed by atoms with Crippen LogP contribution in [-0.2, 0) is 10.0 Å². The van der Waals surface area contributed by atoms with E-state index in [1.165, 1.54) is 6.92 Å². The molecular formula is C22H23F2N3O5S. The van der Waals surface area contributed by atoms with Crippen molar-refractivity contribution in [1.29, 1.82) is 0 Å². The number of anilines is 1. The largest absolute Gasteiger partial charge is 0.416 e. The molecule has 0 fully saturated rings. The molecule has 0 saturated carbocycles. The second kappa shape index (κ2) is 9.57. The van der Waals surface area contributed by atoms with Gasteiger partial charge in [-0.1, -0.05) is 32.0 Å². The van der Waals surface area contributed by atoms with E-state index in [4.69, 9.17) is 9.15 Å². The lowest BCUT2D eigenvalue weighted by Crippen LogP contribution is -2.27. The molecule has 33 heavy (non-hydrogen) atoms.